The van der Waals surface area contributed by atoms with Crippen molar-refractivity contribution in [3.63, 3.8) is 0 Å². The minimum Gasteiger partial charge on any atom is -0.258 e. The Kier molecular flexibility index (Phi) is 3.85. The Morgan fingerprint density at radius 3 is 2.74 bits per heavy atom. The molecule has 1 heterocycles. The smallest absolute Gasteiger partial charge is 0.258 e. The molecule has 100 valence electrons. The Labute approximate surface area is 116 Å². The molecule has 0 aliphatic rings. The number of nitrogens with zero attached hydrogens (tertiary/aromatic N) is 3. The molecule has 0 saturated carbocycles. The van der Waals surface area contributed by atoms with Crippen LogP contribution in [-0.2, 0) is 6.54 Å². The summed E-state index contributed by atoms with van der Waals surface area (Å²) >= 11 is 6.11. The first-order valence-electron chi connectivity index (χ1n) is 5.94. The van der Waals surface area contributed by atoms with Gasteiger partial charge in [-0.1, -0.05) is 37.6 Å². The first kappa shape index (κ1) is 13.5. The summed E-state index contributed by atoms with van der Waals surface area (Å²) in [5.74, 6) is 0.295. The van der Waals surface area contributed by atoms with Gasteiger partial charge in [0.15, 0.2) is 0 Å². The minimum atomic E-state index is -0.409. The second-order valence-electron chi connectivity index (χ2n) is 4.63. The Bertz CT molecular complexity index is 608. The molecule has 0 aliphatic heterocycles. The zero-order valence-electron chi connectivity index (χ0n) is 10.7. The summed E-state index contributed by atoms with van der Waals surface area (Å²) in [4.78, 5) is 10.3. The maximum absolute atomic E-state index is 10.7. The first-order chi connectivity index (χ1) is 8.97. The first-order valence-corrected chi connectivity index (χ1v) is 6.31. The maximum Gasteiger partial charge on any atom is 0.269 e. The fourth-order valence-electron chi connectivity index (χ4n) is 1.75. The third-order valence-corrected chi connectivity index (χ3v) is 3.10. The van der Waals surface area contributed by atoms with E-state index < -0.39 is 4.92 Å². The molecule has 6 heteroatoms. The Morgan fingerprint density at radius 1 is 1.42 bits per heavy atom. The van der Waals surface area contributed by atoms with Crippen molar-refractivity contribution in [2.75, 3.05) is 0 Å². The molecular weight excluding hydrogens is 266 g/mol. The van der Waals surface area contributed by atoms with E-state index in [0.717, 1.165) is 11.3 Å². The van der Waals surface area contributed by atoms with Crippen LogP contribution in [0.25, 0.3) is 0 Å². The number of nitro benzene ring substituents is 1. The topological polar surface area (TPSA) is 61.0 Å². The van der Waals surface area contributed by atoms with Gasteiger partial charge in [-0.3, -0.25) is 10.1 Å². The van der Waals surface area contributed by atoms with Crippen molar-refractivity contribution < 1.29 is 4.92 Å². The van der Waals surface area contributed by atoms with E-state index in [0.29, 0.717) is 17.6 Å². The van der Waals surface area contributed by atoms with Gasteiger partial charge >= 0.3 is 0 Å². The molecule has 2 rings (SSSR count). The number of halogens is 1. The van der Waals surface area contributed by atoms with Gasteiger partial charge in [-0.25, -0.2) is 4.68 Å². The summed E-state index contributed by atoms with van der Waals surface area (Å²) in [6.07, 6.45) is 0. The van der Waals surface area contributed by atoms with Crippen LogP contribution in [0.4, 0.5) is 5.69 Å². The second kappa shape index (κ2) is 5.40. The van der Waals surface area contributed by atoms with Crippen molar-refractivity contribution in [3.05, 3.63) is 56.9 Å². The number of benzene rings is 1. The molecule has 0 unspecified atom stereocenters. The fraction of sp³-hybridized carbons (Fsp3) is 0.308. The molecule has 1 aromatic carbocycles. The molecule has 1 aromatic heterocycles. The molecule has 2 aromatic rings. The SMILES string of the molecule is CC(C)c1cc(Cl)n(Cc2cccc([N+](=O)[O-])c2)n1. The highest BCUT2D eigenvalue weighted by atomic mass is 35.5. The van der Waals surface area contributed by atoms with Gasteiger partial charge in [-0.15, -0.1) is 0 Å². The zero-order valence-corrected chi connectivity index (χ0v) is 11.5. The van der Waals surface area contributed by atoms with Crippen molar-refractivity contribution >= 4 is 17.3 Å². The van der Waals surface area contributed by atoms with Crippen LogP contribution < -0.4 is 0 Å². The van der Waals surface area contributed by atoms with Gasteiger partial charge in [0.25, 0.3) is 5.69 Å². The molecule has 0 atom stereocenters. The predicted molar refractivity (Wildman–Crippen MR) is 73.5 cm³/mol. The maximum atomic E-state index is 10.7. The van der Waals surface area contributed by atoms with E-state index in [4.69, 9.17) is 11.6 Å². The minimum absolute atomic E-state index is 0.0739. The lowest BCUT2D eigenvalue weighted by Gasteiger charge is -2.04. The summed E-state index contributed by atoms with van der Waals surface area (Å²) < 4.78 is 1.65. The highest BCUT2D eigenvalue weighted by Gasteiger charge is 2.11. The highest BCUT2D eigenvalue weighted by Crippen LogP contribution is 2.20. The van der Waals surface area contributed by atoms with Crippen molar-refractivity contribution in [2.24, 2.45) is 0 Å². The number of aromatic nitrogens is 2. The summed E-state index contributed by atoms with van der Waals surface area (Å²) in [6.45, 7) is 4.50. The standard InChI is InChI=1S/C13H14ClN3O2/c1-9(2)12-7-13(14)16(15-12)8-10-4-3-5-11(6-10)17(18)19/h3-7,9H,8H2,1-2H3. The van der Waals surface area contributed by atoms with Crippen molar-refractivity contribution in [1.82, 2.24) is 9.78 Å². The van der Waals surface area contributed by atoms with Crippen molar-refractivity contribution in [1.29, 1.82) is 0 Å². The van der Waals surface area contributed by atoms with Crippen LogP contribution in [0.15, 0.2) is 30.3 Å². The normalized spacial score (nSPS) is 10.9. The molecule has 0 aliphatic carbocycles. The summed E-state index contributed by atoms with van der Waals surface area (Å²) in [7, 11) is 0. The van der Waals surface area contributed by atoms with Crippen LogP contribution in [0.1, 0.15) is 31.0 Å². The number of hydrogen-bond donors (Lipinski definition) is 0. The lowest BCUT2D eigenvalue weighted by Crippen LogP contribution is -2.03. The van der Waals surface area contributed by atoms with Gasteiger partial charge in [-0.2, -0.15) is 5.10 Å². The Morgan fingerprint density at radius 2 is 2.16 bits per heavy atom. The third kappa shape index (κ3) is 3.12. The van der Waals surface area contributed by atoms with Gasteiger partial charge in [0.2, 0.25) is 0 Å². The third-order valence-electron chi connectivity index (χ3n) is 2.80. The molecule has 0 N–H and O–H groups in total. The molecule has 0 amide bonds. The number of hydrogen-bond acceptors (Lipinski definition) is 3. The number of non-ortho nitro benzene ring substituents is 1. The van der Waals surface area contributed by atoms with Crippen LogP contribution in [0, 0.1) is 10.1 Å². The summed E-state index contributed by atoms with van der Waals surface area (Å²) in [6, 6.07) is 8.30. The fourth-order valence-corrected chi connectivity index (χ4v) is 1.96. The van der Waals surface area contributed by atoms with Crippen molar-refractivity contribution in [2.45, 2.75) is 26.3 Å². The van der Waals surface area contributed by atoms with E-state index in [-0.39, 0.29) is 5.69 Å². The molecule has 0 spiro atoms. The van der Waals surface area contributed by atoms with Crippen LogP contribution in [-0.4, -0.2) is 14.7 Å². The van der Waals surface area contributed by atoms with Crippen LogP contribution in [0.3, 0.4) is 0 Å². The van der Waals surface area contributed by atoms with E-state index in [1.165, 1.54) is 12.1 Å². The predicted octanol–water partition coefficient (Wildman–Crippen LogP) is 3.62. The van der Waals surface area contributed by atoms with E-state index in [1.54, 1.807) is 10.7 Å². The molecular formula is C13H14ClN3O2. The average molecular weight is 280 g/mol. The summed E-state index contributed by atoms with van der Waals surface area (Å²) in [5, 5.41) is 15.7. The molecule has 5 nitrogen and oxygen atoms in total. The van der Waals surface area contributed by atoms with E-state index in [2.05, 4.69) is 5.10 Å². The molecule has 0 fully saturated rings. The van der Waals surface area contributed by atoms with Crippen LogP contribution >= 0.6 is 11.6 Å². The zero-order chi connectivity index (χ0) is 14.0. The van der Waals surface area contributed by atoms with Crippen LogP contribution in [0.2, 0.25) is 5.15 Å². The van der Waals surface area contributed by atoms with Crippen LogP contribution in [0.5, 0.6) is 0 Å². The Balaban J connectivity index is 2.26. The van der Waals surface area contributed by atoms with Crippen molar-refractivity contribution in [3.8, 4) is 0 Å². The quantitative estimate of drug-likeness (QED) is 0.634. The molecule has 19 heavy (non-hydrogen) atoms. The molecule has 0 saturated heterocycles. The van der Waals surface area contributed by atoms with Gasteiger partial charge in [-0.05, 0) is 17.5 Å². The monoisotopic (exact) mass is 279 g/mol. The lowest BCUT2D eigenvalue weighted by molar-refractivity contribution is -0.384. The highest BCUT2D eigenvalue weighted by molar-refractivity contribution is 6.29. The second-order valence-corrected chi connectivity index (χ2v) is 5.02. The molecule has 0 bridgehead atoms. The van der Waals surface area contributed by atoms with E-state index in [9.17, 15) is 10.1 Å². The number of nitro groups is 1. The largest absolute Gasteiger partial charge is 0.269 e. The number of rotatable bonds is 4. The summed E-state index contributed by atoms with van der Waals surface area (Å²) in [5.41, 5.74) is 1.79. The van der Waals surface area contributed by atoms with E-state index >= 15 is 0 Å². The van der Waals surface area contributed by atoms with Gasteiger partial charge in [0.1, 0.15) is 5.15 Å². The molecule has 0 radical (unpaired) electrons. The Hall–Kier alpha value is -1.88. The lowest BCUT2D eigenvalue weighted by atomic mass is 10.1. The van der Waals surface area contributed by atoms with E-state index in [1.807, 2.05) is 26.0 Å². The van der Waals surface area contributed by atoms with Gasteiger partial charge in [0.05, 0.1) is 17.2 Å². The van der Waals surface area contributed by atoms with Gasteiger partial charge in [0, 0.05) is 12.1 Å². The average Bonchev–Trinajstić information content (AvgIpc) is 2.71. The van der Waals surface area contributed by atoms with Gasteiger partial charge < -0.3 is 0 Å².